The average Bonchev–Trinajstić information content (AvgIpc) is 2.83. The molecule has 0 radical (unpaired) electrons. The van der Waals surface area contributed by atoms with Gasteiger partial charge in [-0.25, -0.2) is 4.79 Å². The summed E-state index contributed by atoms with van der Waals surface area (Å²) < 4.78 is 22.8. The zero-order chi connectivity index (χ0) is 24.2. The molecule has 0 aliphatic rings. The Labute approximate surface area is 197 Å². The number of ether oxygens (including phenoxy) is 4. The minimum absolute atomic E-state index is 0.474. The minimum atomic E-state index is -0.474. The summed E-state index contributed by atoms with van der Waals surface area (Å²) >= 11 is 0. The molecule has 7 nitrogen and oxygen atoms in total. The fraction of sp³-hybridized carbons (Fsp3) is 0.538. The molecule has 0 aromatic heterocycles. The van der Waals surface area contributed by atoms with Gasteiger partial charge in [0.15, 0.2) is 0 Å². The van der Waals surface area contributed by atoms with Gasteiger partial charge in [0, 0.05) is 12.5 Å². The van der Waals surface area contributed by atoms with Crippen molar-refractivity contribution in [2.45, 2.75) is 65.2 Å². The van der Waals surface area contributed by atoms with Crippen molar-refractivity contribution in [1.82, 2.24) is 0 Å². The molecule has 0 atom stereocenters. The number of oxime groups is 1. The molecular formula is C26H37NO6. The van der Waals surface area contributed by atoms with Crippen molar-refractivity contribution in [1.29, 1.82) is 0 Å². The second-order valence-corrected chi connectivity index (χ2v) is 7.87. The van der Waals surface area contributed by atoms with Gasteiger partial charge in [-0.15, -0.1) is 0 Å². The number of fused-ring (bicyclic) bond motifs is 1. The highest BCUT2D eigenvalue weighted by molar-refractivity contribution is 6.12. The molecule has 0 spiro atoms. The molecule has 2 rings (SSSR count). The van der Waals surface area contributed by atoms with Crippen molar-refractivity contribution < 1.29 is 28.6 Å². The van der Waals surface area contributed by atoms with Crippen molar-refractivity contribution in [3.63, 3.8) is 0 Å². The molecule has 33 heavy (non-hydrogen) atoms. The van der Waals surface area contributed by atoms with Crippen LogP contribution in [0.3, 0.4) is 0 Å². The maximum absolute atomic E-state index is 11.5. The van der Waals surface area contributed by atoms with Crippen LogP contribution in [0.5, 0.6) is 23.0 Å². The number of carbonyl (C=O) groups is 1. The number of benzene rings is 2. The van der Waals surface area contributed by atoms with E-state index in [1.54, 1.807) is 28.4 Å². The quantitative estimate of drug-likeness (QED) is 0.143. The average molecular weight is 460 g/mol. The molecule has 182 valence electrons. The molecule has 0 aliphatic carbocycles. The third-order valence-corrected chi connectivity index (χ3v) is 5.60. The molecule has 7 heteroatoms. The van der Waals surface area contributed by atoms with E-state index in [0.717, 1.165) is 18.2 Å². The van der Waals surface area contributed by atoms with Gasteiger partial charge >= 0.3 is 5.97 Å². The highest BCUT2D eigenvalue weighted by Crippen LogP contribution is 2.46. The van der Waals surface area contributed by atoms with Crippen LogP contribution in [-0.2, 0) is 9.63 Å². The largest absolute Gasteiger partial charge is 0.496 e. The Balaban J connectivity index is 2.52. The lowest BCUT2D eigenvalue weighted by atomic mass is 9.96. The van der Waals surface area contributed by atoms with Gasteiger partial charge in [0.1, 0.15) is 23.0 Å². The third-order valence-electron chi connectivity index (χ3n) is 5.60. The molecule has 0 heterocycles. The van der Waals surface area contributed by atoms with Crippen molar-refractivity contribution in [2.75, 3.05) is 28.4 Å². The van der Waals surface area contributed by atoms with Crippen LogP contribution in [0, 0.1) is 0 Å². The maximum Gasteiger partial charge on any atom is 0.331 e. The predicted octanol–water partition coefficient (Wildman–Crippen LogP) is 6.28. The lowest BCUT2D eigenvalue weighted by Gasteiger charge is -2.19. The van der Waals surface area contributed by atoms with Crippen LogP contribution in [0.15, 0.2) is 23.4 Å². The van der Waals surface area contributed by atoms with Crippen molar-refractivity contribution in [2.24, 2.45) is 5.16 Å². The van der Waals surface area contributed by atoms with E-state index in [1.807, 2.05) is 18.2 Å². The van der Waals surface area contributed by atoms with Gasteiger partial charge in [-0.3, -0.25) is 0 Å². The van der Waals surface area contributed by atoms with Gasteiger partial charge in [0.05, 0.1) is 44.9 Å². The van der Waals surface area contributed by atoms with E-state index in [0.29, 0.717) is 46.1 Å². The predicted molar refractivity (Wildman–Crippen MR) is 131 cm³/mol. The van der Waals surface area contributed by atoms with Gasteiger partial charge in [0.2, 0.25) is 0 Å². The Morgan fingerprint density at radius 1 is 0.788 bits per heavy atom. The fourth-order valence-corrected chi connectivity index (χ4v) is 3.96. The van der Waals surface area contributed by atoms with E-state index in [-0.39, 0.29) is 0 Å². The number of carbonyl (C=O) groups excluding carboxylic acids is 1. The number of hydrogen-bond donors (Lipinski definition) is 0. The first kappa shape index (κ1) is 26.3. The lowest BCUT2D eigenvalue weighted by Crippen LogP contribution is -2.08. The fourth-order valence-electron chi connectivity index (χ4n) is 3.96. The van der Waals surface area contributed by atoms with Gasteiger partial charge in [-0.1, -0.05) is 50.6 Å². The summed E-state index contributed by atoms with van der Waals surface area (Å²) in [5.41, 5.74) is 1.32. The SMILES string of the molecule is CCCCCCCCCC(=NOC(C)=O)c1cc(OC)c2c(OC)ccc(OC)c2c1OC. The smallest absolute Gasteiger partial charge is 0.331 e. The summed E-state index contributed by atoms with van der Waals surface area (Å²) in [6, 6.07) is 5.51. The summed E-state index contributed by atoms with van der Waals surface area (Å²) in [6.45, 7) is 3.55. The molecule has 0 fully saturated rings. The third kappa shape index (κ3) is 6.76. The summed E-state index contributed by atoms with van der Waals surface area (Å²) in [5, 5.41) is 5.64. The summed E-state index contributed by atoms with van der Waals surface area (Å²) in [7, 11) is 6.41. The normalized spacial score (nSPS) is 11.4. The number of methoxy groups -OCH3 is 4. The van der Waals surface area contributed by atoms with Crippen LogP contribution in [0.25, 0.3) is 10.8 Å². The summed E-state index contributed by atoms with van der Waals surface area (Å²) in [4.78, 5) is 16.6. The standard InChI is InChI=1S/C26H37NO6/c1-7-8-9-10-11-12-13-14-20(27-33-18(2)28)19-17-23(31-5)24-21(29-3)15-16-22(30-4)25(24)26(19)32-6/h15-17H,7-14H2,1-6H3. The van der Waals surface area contributed by atoms with Crippen molar-refractivity contribution in [3.05, 3.63) is 23.8 Å². The van der Waals surface area contributed by atoms with E-state index >= 15 is 0 Å². The molecule has 2 aromatic rings. The van der Waals surface area contributed by atoms with Gasteiger partial charge in [-0.2, -0.15) is 0 Å². The monoisotopic (exact) mass is 459 g/mol. The zero-order valence-corrected chi connectivity index (χ0v) is 20.8. The number of rotatable bonds is 14. The van der Waals surface area contributed by atoms with E-state index in [1.165, 1.54) is 39.0 Å². The molecular weight excluding hydrogens is 422 g/mol. The zero-order valence-electron chi connectivity index (χ0n) is 20.8. The Morgan fingerprint density at radius 3 is 1.91 bits per heavy atom. The van der Waals surface area contributed by atoms with Crippen LogP contribution in [0.1, 0.15) is 70.8 Å². The van der Waals surface area contributed by atoms with Crippen molar-refractivity contribution in [3.8, 4) is 23.0 Å². The van der Waals surface area contributed by atoms with Crippen LogP contribution >= 0.6 is 0 Å². The second kappa shape index (κ2) is 13.6. The molecule has 0 bridgehead atoms. The molecule has 0 N–H and O–H groups in total. The first-order chi connectivity index (χ1) is 16.0. The van der Waals surface area contributed by atoms with Gasteiger partial charge in [0.25, 0.3) is 0 Å². The van der Waals surface area contributed by atoms with Crippen LogP contribution in [0.4, 0.5) is 0 Å². The molecule has 0 aliphatic heterocycles. The Hall–Kier alpha value is -2.96. The topological polar surface area (TPSA) is 75.6 Å². The first-order valence-corrected chi connectivity index (χ1v) is 11.6. The van der Waals surface area contributed by atoms with E-state index in [2.05, 4.69) is 12.1 Å². The second-order valence-electron chi connectivity index (χ2n) is 7.87. The van der Waals surface area contributed by atoms with Gasteiger partial charge < -0.3 is 23.8 Å². The lowest BCUT2D eigenvalue weighted by molar-refractivity contribution is -0.140. The Morgan fingerprint density at radius 2 is 1.36 bits per heavy atom. The Kier molecular flexibility index (Phi) is 10.8. The van der Waals surface area contributed by atoms with Crippen LogP contribution in [0.2, 0.25) is 0 Å². The van der Waals surface area contributed by atoms with E-state index < -0.39 is 5.97 Å². The number of nitrogens with zero attached hydrogens (tertiary/aromatic N) is 1. The van der Waals surface area contributed by atoms with Crippen LogP contribution in [-0.4, -0.2) is 40.1 Å². The highest BCUT2D eigenvalue weighted by atomic mass is 16.7. The van der Waals surface area contributed by atoms with Gasteiger partial charge in [-0.05, 0) is 31.0 Å². The molecule has 0 saturated heterocycles. The molecule has 0 saturated carbocycles. The van der Waals surface area contributed by atoms with Crippen LogP contribution < -0.4 is 18.9 Å². The number of hydrogen-bond acceptors (Lipinski definition) is 7. The minimum Gasteiger partial charge on any atom is -0.496 e. The van der Waals surface area contributed by atoms with Crippen molar-refractivity contribution >= 4 is 22.5 Å². The van der Waals surface area contributed by atoms with E-state index in [4.69, 9.17) is 23.8 Å². The summed E-state index contributed by atoms with van der Waals surface area (Å²) in [6.07, 6.45) is 8.81. The Bertz CT molecular complexity index is 954. The number of unbranched alkanes of at least 4 members (excludes halogenated alkanes) is 6. The highest BCUT2D eigenvalue weighted by Gasteiger charge is 2.23. The van der Waals surface area contributed by atoms with E-state index in [9.17, 15) is 4.79 Å². The first-order valence-electron chi connectivity index (χ1n) is 11.6. The molecule has 2 aromatic carbocycles. The maximum atomic E-state index is 11.5. The summed E-state index contributed by atoms with van der Waals surface area (Å²) in [5.74, 6) is 1.93. The molecule has 0 unspecified atom stereocenters. The molecule has 0 amide bonds.